The van der Waals surface area contributed by atoms with E-state index in [0.29, 0.717) is 16.9 Å². The Bertz CT molecular complexity index is 1660. The summed E-state index contributed by atoms with van der Waals surface area (Å²) in [6.07, 6.45) is 10.3. The third kappa shape index (κ3) is 2.67. The fourth-order valence-electron chi connectivity index (χ4n) is 5.83. The molecule has 4 nitrogen and oxygen atoms in total. The highest BCUT2D eigenvalue weighted by molar-refractivity contribution is 6.02. The van der Waals surface area contributed by atoms with Crippen LogP contribution in [0.1, 0.15) is 29.5 Å². The smallest absolute Gasteiger partial charge is 0.350 e. The van der Waals surface area contributed by atoms with Gasteiger partial charge < -0.3 is 4.42 Å². The second-order valence-corrected chi connectivity index (χ2v) is 8.94. The van der Waals surface area contributed by atoms with Gasteiger partial charge in [0.2, 0.25) is 11.2 Å². The predicted octanol–water partition coefficient (Wildman–Crippen LogP) is 4.94. The summed E-state index contributed by atoms with van der Waals surface area (Å²) < 4.78 is 10.3. The van der Waals surface area contributed by atoms with E-state index >= 15 is 0 Å². The van der Waals surface area contributed by atoms with Crippen LogP contribution in [0.5, 0.6) is 0 Å². The summed E-state index contributed by atoms with van der Waals surface area (Å²) in [5.74, 6) is 0.338. The van der Waals surface area contributed by atoms with Gasteiger partial charge in [0, 0.05) is 30.2 Å². The first-order valence-corrected chi connectivity index (χ1v) is 11.4. The number of benzene rings is 2. The minimum atomic E-state index is -0.293. The lowest BCUT2D eigenvalue weighted by molar-refractivity contribution is -0.717. The minimum absolute atomic E-state index is 0.253. The van der Waals surface area contributed by atoms with Gasteiger partial charge in [-0.05, 0) is 47.9 Å². The van der Waals surface area contributed by atoms with Crippen LogP contribution in [0, 0.1) is 0 Å². The van der Waals surface area contributed by atoms with Crippen LogP contribution >= 0.6 is 0 Å². The normalized spacial score (nSPS) is 19.6. The van der Waals surface area contributed by atoms with Gasteiger partial charge in [0.25, 0.3) is 0 Å². The molecular formula is C29H22N2O2+2. The summed E-state index contributed by atoms with van der Waals surface area (Å²) in [5, 5.41) is 1.64. The number of aromatic nitrogens is 2. The Labute approximate surface area is 190 Å². The highest BCUT2D eigenvalue weighted by Gasteiger charge is 2.40. The van der Waals surface area contributed by atoms with Crippen LogP contribution in [0.25, 0.3) is 39.3 Å². The van der Waals surface area contributed by atoms with Crippen molar-refractivity contribution in [1.82, 2.24) is 0 Å². The molecule has 2 aliphatic heterocycles. The maximum absolute atomic E-state index is 12.8. The topological polar surface area (TPSA) is 38.0 Å². The molecule has 2 unspecified atom stereocenters. The summed E-state index contributed by atoms with van der Waals surface area (Å²) in [6, 6.07) is 25.4. The molecule has 2 aromatic carbocycles. The molecule has 0 spiro atoms. The number of fused-ring (bicyclic) bond motifs is 6. The first-order chi connectivity index (χ1) is 16.3. The van der Waals surface area contributed by atoms with E-state index in [1.807, 2.05) is 30.5 Å². The highest BCUT2D eigenvalue weighted by Crippen LogP contribution is 2.42. The van der Waals surface area contributed by atoms with Crippen LogP contribution in [0.2, 0.25) is 0 Å². The van der Waals surface area contributed by atoms with Crippen LogP contribution in [-0.2, 0) is 6.42 Å². The second-order valence-electron chi connectivity index (χ2n) is 8.94. The van der Waals surface area contributed by atoms with E-state index in [9.17, 15) is 4.79 Å². The monoisotopic (exact) mass is 430 g/mol. The van der Waals surface area contributed by atoms with Crippen LogP contribution in [-0.4, -0.2) is 0 Å². The number of allylic oxidation sites excluding steroid dienone is 1. The Kier molecular flexibility index (Phi) is 3.91. The fourth-order valence-corrected chi connectivity index (χ4v) is 5.83. The number of hydrogen-bond acceptors (Lipinski definition) is 2. The zero-order valence-corrected chi connectivity index (χ0v) is 18.0. The molecule has 0 aliphatic carbocycles. The molecule has 0 saturated carbocycles. The molecule has 7 rings (SSSR count). The highest BCUT2D eigenvalue weighted by atomic mass is 16.4. The summed E-state index contributed by atoms with van der Waals surface area (Å²) >= 11 is 0. The Morgan fingerprint density at radius 1 is 0.879 bits per heavy atom. The molecule has 4 heteroatoms. The third-order valence-electron chi connectivity index (χ3n) is 7.23. The van der Waals surface area contributed by atoms with E-state index < -0.39 is 0 Å². The molecule has 0 saturated heterocycles. The zero-order chi connectivity index (χ0) is 21.9. The molecule has 0 fully saturated rings. The SMILES string of the molecule is O=c1oc2cccc3c2c2c1ccc[n+]2/C=C/CC1c2ccccc2-c2cccc[n+]2C1C3. The first kappa shape index (κ1) is 18.5. The van der Waals surface area contributed by atoms with E-state index in [4.69, 9.17) is 4.42 Å². The van der Waals surface area contributed by atoms with Crippen molar-refractivity contribution in [3.8, 4) is 11.3 Å². The van der Waals surface area contributed by atoms with Gasteiger partial charge in [-0.1, -0.05) is 30.3 Å². The van der Waals surface area contributed by atoms with Crippen LogP contribution in [0.15, 0.2) is 100 Å². The van der Waals surface area contributed by atoms with Crippen molar-refractivity contribution in [2.45, 2.75) is 24.8 Å². The number of rotatable bonds is 0. The summed E-state index contributed by atoms with van der Waals surface area (Å²) in [6.45, 7) is 0. The quantitative estimate of drug-likeness (QED) is 0.198. The molecular weight excluding hydrogens is 408 g/mol. The molecule has 0 radical (unpaired) electrons. The third-order valence-corrected chi connectivity index (χ3v) is 7.23. The Balaban J connectivity index is 1.57. The minimum Gasteiger partial charge on any atom is -0.422 e. The Morgan fingerprint density at radius 3 is 2.76 bits per heavy atom. The molecule has 5 aromatic rings. The first-order valence-electron chi connectivity index (χ1n) is 11.4. The van der Waals surface area contributed by atoms with Crippen LogP contribution in [0.4, 0.5) is 0 Å². The van der Waals surface area contributed by atoms with Gasteiger partial charge >= 0.3 is 5.63 Å². The van der Waals surface area contributed by atoms with E-state index in [1.54, 1.807) is 0 Å². The van der Waals surface area contributed by atoms with Crippen molar-refractivity contribution in [3.63, 3.8) is 0 Å². The fraction of sp³-hybridized carbons (Fsp3) is 0.138. The lowest BCUT2D eigenvalue weighted by Gasteiger charge is -2.30. The molecule has 0 amide bonds. The maximum Gasteiger partial charge on any atom is 0.350 e. The van der Waals surface area contributed by atoms with E-state index in [-0.39, 0.29) is 11.7 Å². The van der Waals surface area contributed by atoms with Gasteiger partial charge in [-0.25, -0.2) is 4.79 Å². The molecule has 0 N–H and O–H groups in total. The van der Waals surface area contributed by atoms with E-state index in [0.717, 1.165) is 23.7 Å². The van der Waals surface area contributed by atoms with Gasteiger partial charge in [-0.2, -0.15) is 9.13 Å². The molecule has 158 valence electrons. The Hall–Kier alpha value is -4.05. The average Bonchev–Trinajstić information content (AvgIpc) is 2.86. The van der Waals surface area contributed by atoms with E-state index in [1.165, 1.54) is 22.4 Å². The van der Waals surface area contributed by atoms with Gasteiger partial charge in [0.05, 0.1) is 11.3 Å². The van der Waals surface area contributed by atoms with Crippen LogP contribution < -0.4 is 14.8 Å². The lowest BCUT2D eigenvalue weighted by Crippen LogP contribution is -2.48. The van der Waals surface area contributed by atoms with Gasteiger partial charge in [-0.3, -0.25) is 0 Å². The molecule has 3 aromatic heterocycles. The number of nitrogens with zero attached hydrogens (tertiary/aromatic N) is 2. The molecule has 5 heterocycles. The van der Waals surface area contributed by atoms with Crippen molar-refractivity contribution in [1.29, 1.82) is 0 Å². The lowest BCUT2D eigenvalue weighted by atomic mass is 9.78. The van der Waals surface area contributed by atoms with E-state index in [2.05, 4.69) is 76.1 Å². The Morgan fingerprint density at radius 2 is 1.79 bits per heavy atom. The largest absolute Gasteiger partial charge is 0.422 e. The second kappa shape index (κ2) is 6.97. The molecule has 0 bridgehead atoms. The molecule has 2 atom stereocenters. The van der Waals surface area contributed by atoms with Gasteiger partial charge in [0.15, 0.2) is 24.6 Å². The maximum atomic E-state index is 12.8. The van der Waals surface area contributed by atoms with Gasteiger partial charge in [0.1, 0.15) is 11.0 Å². The molecule has 2 aliphatic rings. The standard InChI is InChI=1S/C29H22N2O2/c32-29-23-12-7-16-30-15-6-11-22-20-9-1-2-10-21(20)24-13-3-4-17-31(24)25(22)18-19-8-5-14-26(33-29)27(19)28(23)30/h1-10,12-17,22,25H,11,18H2/q+2/b15-6+. The number of pyridine rings is 2. The average molecular weight is 431 g/mol. The zero-order valence-electron chi connectivity index (χ0n) is 18.0. The molecule has 33 heavy (non-hydrogen) atoms. The van der Waals surface area contributed by atoms with Crippen molar-refractivity contribution < 1.29 is 13.6 Å². The number of hydrogen-bond donors (Lipinski definition) is 0. The van der Waals surface area contributed by atoms with Crippen molar-refractivity contribution in [2.75, 3.05) is 0 Å². The summed E-state index contributed by atoms with van der Waals surface area (Å²) in [7, 11) is 0. The van der Waals surface area contributed by atoms with Crippen molar-refractivity contribution in [3.05, 3.63) is 113 Å². The predicted molar refractivity (Wildman–Crippen MR) is 128 cm³/mol. The van der Waals surface area contributed by atoms with Crippen molar-refractivity contribution in [2.24, 2.45) is 0 Å². The van der Waals surface area contributed by atoms with Crippen molar-refractivity contribution >= 4 is 28.1 Å². The summed E-state index contributed by atoms with van der Waals surface area (Å²) in [5.41, 5.74) is 6.43. The summed E-state index contributed by atoms with van der Waals surface area (Å²) in [4.78, 5) is 12.8. The van der Waals surface area contributed by atoms with Crippen LogP contribution in [0.3, 0.4) is 0 Å². The van der Waals surface area contributed by atoms with Gasteiger partial charge in [-0.15, -0.1) is 0 Å².